The number of pyridine rings is 1. The Balaban J connectivity index is 2.01. The molecule has 94 valence electrons. The van der Waals surface area contributed by atoms with Crippen molar-refractivity contribution in [2.24, 2.45) is 0 Å². The van der Waals surface area contributed by atoms with Crippen molar-refractivity contribution in [3.05, 3.63) is 48.2 Å². The number of rotatable bonds is 5. The Morgan fingerprint density at radius 3 is 2.83 bits per heavy atom. The van der Waals surface area contributed by atoms with Gasteiger partial charge >= 0.3 is 0 Å². The van der Waals surface area contributed by atoms with Crippen molar-refractivity contribution in [2.45, 2.75) is 10.6 Å². The van der Waals surface area contributed by atoms with E-state index in [9.17, 15) is 0 Å². The minimum Gasteiger partial charge on any atom is -0.497 e. The van der Waals surface area contributed by atoms with Crippen LogP contribution in [0.3, 0.4) is 0 Å². The fourth-order valence-corrected chi connectivity index (χ4v) is 2.40. The van der Waals surface area contributed by atoms with Crippen molar-refractivity contribution in [1.29, 1.82) is 0 Å². The molecule has 1 aromatic heterocycles. The molecule has 3 nitrogen and oxygen atoms in total. The number of hydrogen-bond acceptors (Lipinski definition) is 4. The van der Waals surface area contributed by atoms with E-state index >= 15 is 0 Å². The third-order valence-electron chi connectivity index (χ3n) is 2.49. The molecule has 0 radical (unpaired) electrons. The van der Waals surface area contributed by atoms with Gasteiger partial charge in [0, 0.05) is 17.7 Å². The summed E-state index contributed by atoms with van der Waals surface area (Å²) in [6.07, 6.45) is 0. The SMILES string of the molecule is CNc1cccc(CSc2cccc(OC)c2)n1. The van der Waals surface area contributed by atoms with Crippen LogP contribution in [-0.4, -0.2) is 19.1 Å². The van der Waals surface area contributed by atoms with Crippen LogP contribution >= 0.6 is 11.8 Å². The van der Waals surface area contributed by atoms with Crippen LogP contribution in [-0.2, 0) is 5.75 Å². The summed E-state index contributed by atoms with van der Waals surface area (Å²) >= 11 is 1.75. The molecule has 0 aliphatic carbocycles. The molecule has 4 heteroatoms. The second kappa shape index (κ2) is 6.31. The van der Waals surface area contributed by atoms with Crippen molar-refractivity contribution >= 4 is 17.6 Å². The molecule has 1 heterocycles. The molecule has 0 fully saturated rings. The number of ether oxygens (including phenoxy) is 1. The molecule has 0 amide bonds. The molecule has 0 bridgehead atoms. The van der Waals surface area contributed by atoms with Gasteiger partial charge in [-0.3, -0.25) is 0 Å². The molecule has 0 aliphatic rings. The maximum Gasteiger partial charge on any atom is 0.125 e. The van der Waals surface area contributed by atoms with Crippen LogP contribution in [0.4, 0.5) is 5.82 Å². The van der Waals surface area contributed by atoms with Gasteiger partial charge in [0.15, 0.2) is 0 Å². The molecule has 0 saturated heterocycles. The quantitative estimate of drug-likeness (QED) is 0.835. The molecular formula is C14H16N2OS. The smallest absolute Gasteiger partial charge is 0.125 e. The highest BCUT2D eigenvalue weighted by molar-refractivity contribution is 7.98. The normalized spacial score (nSPS) is 10.1. The van der Waals surface area contributed by atoms with Crippen LogP contribution in [0, 0.1) is 0 Å². The van der Waals surface area contributed by atoms with Crippen molar-refractivity contribution in [1.82, 2.24) is 4.98 Å². The van der Waals surface area contributed by atoms with Gasteiger partial charge in [0.1, 0.15) is 11.6 Å². The predicted molar refractivity (Wildman–Crippen MR) is 76.3 cm³/mol. The summed E-state index contributed by atoms with van der Waals surface area (Å²) in [6, 6.07) is 14.1. The van der Waals surface area contributed by atoms with Crippen LogP contribution in [0.15, 0.2) is 47.4 Å². The molecule has 1 N–H and O–H groups in total. The lowest BCUT2D eigenvalue weighted by atomic mass is 10.3. The van der Waals surface area contributed by atoms with Crippen molar-refractivity contribution < 1.29 is 4.74 Å². The van der Waals surface area contributed by atoms with Crippen LogP contribution < -0.4 is 10.1 Å². The number of benzene rings is 1. The summed E-state index contributed by atoms with van der Waals surface area (Å²) in [4.78, 5) is 5.67. The lowest BCUT2D eigenvalue weighted by molar-refractivity contribution is 0.413. The summed E-state index contributed by atoms with van der Waals surface area (Å²) < 4.78 is 5.20. The first-order valence-corrected chi connectivity index (χ1v) is 6.71. The first-order valence-electron chi connectivity index (χ1n) is 5.72. The lowest BCUT2D eigenvalue weighted by Crippen LogP contribution is -1.94. The fourth-order valence-electron chi connectivity index (χ4n) is 1.55. The largest absolute Gasteiger partial charge is 0.497 e. The van der Waals surface area contributed by atoms with Gasteiger partial charge in [-0.05, 0) is 30.3 Å². The van der Waals surface area contributed by atoms with E-state index in [1.54, 1.807) is 18.9 Å². The van der Waals surface area contributed by atoms with E-state index in [0.29, 0.717) is 0 Å². The molecule has 0 saturated carbocycles. The van der Waals surface area contributed by atoms with E-state index in [-0.39, 0.29) is 0 Å². The average molecular weight is 260 g/mol. The van der Waals surface area contributed by atoms with Crippen LogP contribution in [0.2, 0.25) is 0 Å². The number of thioether (sulfide) groups is 1. The van der Waals surface area contributed by atoms with Crippen LogP contribution in [0.5, 0.6) is 5.75 Å². The highest BCUT2D eigenvalue weighted by atomic mass is 32.2. The van der Waals surface area contributed by atoms with Gasteiger partial charge in [-0.1, -0.05) is 12.1 Å². The maximum atomic E-state index is 5.20. The van der Waals surface area contributed by atoms with E-state index < -0.39 is 0 Å². The highest BCUT2D eigenvalue weighted by Crippen LogP contribution is 2.25. The van der Waals surface area contributed by atoms with E-state index in [2.05, 4.69) is 16.4 Å². The van der Waals surface area contributed by atoms with Gasteiger partial charge in [0.05, 0.1) is 12.8 Å². The zero-order valence-electron chi connectivity index (χ0n) is 10.5. The zero-order valence-corrected chi connectivity index (χ0v) is 11.3. The van der Waals surface area contributed by atoms with E-state index in [1.807, 2.05) is 43.4 Å². The fraction of sp³-hybridized carbons (Fsp3) is 0.214. The van der Waals surface area contributed by atoms with Crippen molar-refractivity contribution in [3.8, 4) is 5.75 Å². The third kappa shape index (κ3) is 3.40. The van der Waals surface area contributed by atoms with Gasteiger partial charge in [-0.2, -0.15) is 0 Å². The second-order valence-electron chi connectivity index (χ2n) is 3.73. The molecule has 0 unspecified atom stereocenters. The first kappa shape index (κ1) is 12.8. The van der Waals surface area contributed by atoms with Crippen LogP contribution in [0.1, 0.15) is 5.69 Å². The summed E-state index contributed by atoms with van der Waals surface area (Å²) in [5.74, 6) is 2.64. The Morgan fingerprint density at radius 1 is 1.22 bits per heavy atom. The number of methoxy groups -OCH3 is 1. The minimum atomic E-state index is 0.850. The molecular weight excluding hydrogens is 244 g/mol. The Kier molecular flexibility index (Phi) is 4.47. The van der Waals surface area contributed by atoms with Crippen LogP contribution in [0.25, 0.3) is 0 Å². The maximum absolute atomic E-state index is 5.20. The number of nitrogens with one attached hydrogen (secondary N) is 1. The summed E-state index contributed by atoms with van der Waals surface area (Å²) in [6.45, 7) is 0. The Morgan fingerprint density at radius 2 is 2.06 bits per heavy atom. The highest BCUT2D eigenvalue weighted by Gasteiger charge is 2.00. The lowest BCUT2D eigenvalue weighted by Gasteiger charge is -2.05. The molecule has 18 heavy (non-hydrogen) atoms. The Labute approximate surface area is 112 Å². The number of anilines is 1. The number of nitrogens with zero attached hydrogens (tertiary/aromatic N) is 1. The predicted octanol–water partition coefficient (Wildman–Crippen LogP) is 3.42. The Bertz CT molecular complexity index is 469. The van der Waals surface area contributed by atoms with Gasteiger partial charge < -0.3 is 10.1 Å². The van der Waals surface area contributed by atoms with Gasteiger partial charge in [0.25, 0.3) is 0 Å². The summed E-state index contributed by atoms with van der Waals surface area (Å²) in [5, 5.41) is 3.04. The van der Waals surface area contributed by atoms with Gasteiger partial charge in [-0.15, -0.1) is 11.8 Å². The van der Waals surface area contributed by atoms with E-state index in [1.165, 1.54) is 4.90 Å². The van der Waals surface area contributed by atoms with E-state index in [4.69, 9.17) is 4.74 Å². The molecule has 0 aliphatic heterocycles. The molecule has 1 aromatic carbocycles. The number of hydrogen-bond donors (Lipinski definition) is 1. The monoisotopic (exact) mass is 260 g/mol. The Hall–Kier alpha value is -1.68. The minimum absolute atomic E-state index is 0.850. The van der Waals surface area contributed by atoms with Gasteiger partial charge in [0.2, 0.25) is 0 Å². The van der Waals surface area contributed by atoms with Crippen molar-refractivity contribution in [2.75, 3.05) is 19.5 Å². The second-order valence-corrected chi connectivity index (χ2v) is 4.78. The molecule has 0 atom stereocenters. The van der Waals surface area contributed by atoms with E-state index in [0.717, 1.165) is 23.0 Å². The van der Waals surface area contributed by atoms with Crippen molar-refractivity contribution in [3.63, 3.8) is 0 Å². The first-order chi connectivity index (χ1) is 8.81. The number of aromatic nitrogens is 1. The molecule has 0 spiro atoms. The zero-order chi connectivity index (χ0) is 12.8. The topological polar surface area (TPSA) is 34.1 Å². The molecule has 2 rings (SSSR count). The third-order valence-corrected chi connectivity index (χ3v) is 3.52. The standard InChI is InChI=1S/C14H16N2OS/c1-15-14-8-3-5-11(16-14)10-18-13-7-4-6-12(9-13)17-2/h3-9H,10H2,1-2H3,(H,15,16). The molecule has 2 aromatic rings. The van der Waals surface area contributed by atoms with Gasteiger partial charge in [-0.25, -0.2) is 4.98 Å². The average Bonchev–Trinajstić information content (AvgIpc) is 2.45. The summed E-state index contributed by atoms with van der Waals surface area (Å²) in [7, 11) is 3.56. The summed E-state index contributed by atoms with van der Waals surface area (Å²) in [5.41, 5.74) is 1.06.